The summed E-state index contributed by atoms with van der Waals surface area (Å²) < 4.78 is 5.30. The van der Waals surface area contributed by atoms with Crippen LogP contribution in [0.4, 0.5) is 0 Å². The number of rotatable bonds is 3. The van der Waals surface area contributed by atoms with Gasteiger partial charge in [0, 0.05) is 5.56 Å². The quantitative estimate of drug-likeness (QED) is 0.801. The predicted octanol–water partition coefficient (Wildman–Crippen LogP) is 2.83. The lowest BCUT2D eigenvalue weighted by Gasteiger charge is -2.14. The second-order valence-electron chi connectivity index (χ2n) is 3.40. The Hall–Kier alpha value is -1.18. The van der Waals surface area contributed by atoms with Crippen molar-refractivity contribution in [3.63, 3.8) is 0 Å². The van der Waals surface area contributed by atoms with E-state index in [1.165, 1.54) is 0 Å². The van der Waals surface area contributed by atoms with E-state index in [1.807, 2.05) is 19.9 Å². The molecule has 1 N–H and O–H groups in total. The first-order valence-electron chi connectivity index (χ1n) is 5.03. The molecule has 14 heavy (non-hydrogen) atoms. The number of hydrogen-bond acceptors (Lipinski definition) is 2. The van der Waals surface area contributed by atoms with Crippen molar-refractivity contribution in [2.24, 2.45) is 0 Å². The Morgan fingerprint density at radius 3 is 2.36 bits per heavy atom. The molecule has 1 aromatic carbocycles. The van der Waals surface area contributed by atoms with Crippen LogP contribution in [-0.2, 0) is 12.8 Å². The van der Waals surface area contributed by atoms with Gasteiger partial charge in [-0.25, -0.2) is 0 Å². The fourth-order valence-electron chi connectivity index (χ4n) is 1.77. The number of ether oxygens (including phenoxy) is 1. The fraction of sp³-hybridized carbons (Fsp3) is 0.500. The van der Waals surface area contributed by atoms with Crippen molar-refractivity contribution in [3.05, 3.63) is 22.8 Å². The standard InChI is InChI=1S/C12H18O2/c1-5-9-7-11(14-4)10(6-2)8(3)12(9)13/h7,13H,5-6H2,1-4H3. The molecule has 0 aliphatic heterocycles. The molecule has 0 atom stereocenters. The van der Waals surface area contributed by atoms with Crippen LogP contribution >= 0.6 is 0 Å². The van der Waals surface area contributed by atoms with E-state index in [9.17, 15) is 5.11 Å². The van der Waals surface area contributed by atoms with Crippen molar-refractivity contribution in [2.75, 3.05) is 7.11 Å². The molecule has 1 rings (SSSR count). The van der Waals surface area contributed by atoms with Crippen LogP contribution in [0.25, 0.3) is 0 Å². The third kappa shape index (κ3) is 1.69. The topological polar surface area (TPSA) is 29.5 Å². The minimum atomic E-state index is 0.421. The molecule has 1 aromatic rings. The lowest BCUT2D eigenvalue weighted by molar-refractivity contribution is 0.404. The van der Waals surface area contributed by atoms with Gasteiger partial charge in [0.15, 0.2) is 0 Å². The Balaban J connectivity index is 3.38. The van der Waals surface area contributed by atoms with Gasteiger partial charge in [-0.3, -0.25) is 0 Å². The maximum Gasteiger partial charge on any atom is 0.122 e. The van der Waals surface area contributed by atoms with E-state index < -0.39 is 0 Å². The van der Waals surface area contributed by atoms with E-state index in [0.29, 0.717) is 5.75 Å². The molecule has 2 heteroatoms. The van der Waals surface area contributed by atoms with Crippen molar-refractivity contribution in [2.45, 2.75) is 33.6 Å². The van der Waals surface area contributed by atoms with Crippen LogP contribution in [0.1, 0.15) is 30.5 Å². The average molecular weight is 194 g/mol. The Labute approximate surface area is 85.5 Å². The van der Waals surface area contributed by atoms with E-state index in [1.54, 1.807) is 7.11 Å². The largest absolute Gasteiger partial charge is 0.507 e. The highest BCUT2D eigenvalue weighted by molar-refractivity contribution is 5.52. The maximum absolute atomic E-state index is 9.87. The first-order valence-corrected chi connectivity index (χ1v) is 5.03. The van der Waals surface area contributed by atoms with Crippen molar-refractivity contribution < 1.29 is 9.84 Å². The highest BCUT2D eigenvalue weighted by Crippen LogP contribution is 2.33. The van der Waals surface area contributed by atoms with Gasteiger partial charge in [-0.1, -0.05) is 13.8 Å². The summed E-state index contributed by atoms with van der Waals surface area (Å²) in [4.78, 5) is 0. The molecule has 0 amide bonds. The van der Waals surface area contributed by atoms with E-state index in [2.05, 4.69) is 6.92 Å². The molecule has 0 aliphatic carbocycles. The van der Waals surface area contributed by atoms with Crippen molar-refractivity contribution in [1.29, 1.82) is 0 Å². The Morgan fingerprint density at radius 1 is 1.29 bits per heavy atom. The number of methoxy groups -OCH3 is 1. The van der Waals surface area contributed by atoms with Crippen molar-refractivity contribution >= 4 is 0 Å². The van der Waals surface area contributed by atoms with Crippen LogP contribution in [-0.4, -0.2) is 12.2 Å². The number of phenolic OH excluding ortho intramolecular Hbond substituents is 1. The zero-order valence-corrected chi connectivity index (χ0v) is 9.35. The van der Waals surface area contributed by atoms with Gasteiger partial charge in [0.05, 0.1) is 7.11 Å². The van der Waals surface area contributed by atoms with Crippen LogP contribution in [0.15, 0.2) is 6.07 Å². The van der Waals surface area contributed by atoms with Crippen molar-refractivity contribution in [3.8, 4) is 11.5 Å². The monoisotopic (exact) mass is 194 g/mol. The molecule has 0 aliphatic rings. The first kappa shape index (κ1) is 10.9. The maximum atomic E-state index is 9.87. The number of phenols is 1. The number of aryl methyl sites for hydroxylation is 1. The summed E-state index contributed by atoms with van der Waals surface area (Å²) in [7, 11) is 1.67. The van der Waals surface area contributed by atoms with Crippen LogP contribution in [0.2, 0.25) is 0 Å². The highest BCUT2D eigenvalue weighted by Gasteiger charge is 2.12. The van der Waals surface area contributed by atoms with E-state index in [0.717, 1.165) is 35.3 Å². The van der Waals surface area contributed by atoms with Gasteiger partial charge in [0.25, 0.3) is 0 Å². The second-order valence-corrected chi connectivity index (χ2v) is 3.40. The summed E-state index contributed by atoms with van der Waals surface area (Å²) >= 11 is 0. The SMILES string of the molecule is CCc1cc(OC)c(CC)c(C)c1O. The van der Waals surface area contributed by atoms with Crippen molar-refractivity contribution in [1.82, 2.24) is 0 Å². The molecule has 0 radical (unpaired) electrons. The zero-order chi connectivity index (χ0) is 10.7. The smallest absolute Gasteiger partial charge is 0.122 e. The molecule has 78 valence electrons. The summed E-state index contributed by atoms with van der Waals surface area (Å²) in [6.45, 7) is 6.03. The highest BCUT2D eigenvalue weighted by atomic mass is 16.5. The number of aromatic hydroxyl groups is 1. The molecule has 0 unspecified atom stereocenters. The minimum Gasteiger partial charge on any atom is -0.507 e. The van der Waals surface area contributed by atoms with E-state index >= 15 is 0 Å². The van der Waals surface area contributed by atoms with Gasteiger partial charge in [0.2, 0.25) is 0 Å². The van der Waals surface area contributed by atoms with Gasteiger partial charge in [0.1, 0.15) is 11.5 Å². The Morgan fingerprint density at radius 2 is 1.93 bits per heavy atom. The molecule has 0 saturated heterocycles. The summed E-state index contributed by atoms with van der Waals surface area (Å²) in [5.74, 6) is 1.31. The predicted molar refractivity (Wildman–Crippen MR) is 58.2 cm³/mol. The summed E-state index contributed by atoms with van der Waals surface area (Å²) in [5, 5.41) is 9.87. The van der Waals surface area contributed by atoms with Gasteiger partial charge in [-0.15, -0.1) is 0 Å². The van der Waals surface area contributed by atoms with Crippen LogP contribution in [0, 0.1) is 6.92 Å². The third-order valence-corrected chi connectivity index (χ3v) is 2.67. The zero-order valence-electron chi connectivity index (χ0n) is 9.35. The summed E-state index contributed by atoms with van der Waals surface area (Å²) in [6, 6.07) is 1.93. The summed E-state index contributed by atoms with van der Waals surface area (Å²) in [6.07, 6.45) is 1.71. The van der Waals surface area contributed by atoms with Gasteiger partial charge < -0.3 is 9.84 Å². The summed E-state index contributed by atoms with van der Waals surface area (Å²) in [5.41, 5.74) is 3.00. The lowest BCUT2D eigenvalue weighted by atomic mass is 9.99. The molecule has 0 bridgehead atoms. The molecule has 0 spiro atoms. The van der Waals surface area contributed by atoms with Crippen LogP contribution < -0.4 is 4.74 Å². The number of hydrogen-bond donors (Lipinski definition) is 1. The molecular formula is C12H18O2. The molecular weight excluding hydrogens is 176 g/mol. The third-order valence-electron chi connectivity index (χ3n) is 2.67. The minimum absolute atomic E-state index is 0.421. The van der Waals surface area contributed by atoms with Crippen LogP contribution in [0.5, 0.6) is 11.5 Å². The molecule has 0 fully saturated rings. The normalized spacial score (nSPS) is 10.3. The molecule has 2 nitrogen and oxygen atoms in total. The average Bonchev–Trinajstić information content (AvgIpc) is 2.21. The van der Waals surface area contributed by atoms with E-state index in [-0.39, 0.29) is 0 Å². The van der Waals surface area contributed by atoms with Gasteiger partial charge in [-0.2, -0.15) is 0 Å². The first-order chi connectivity index (χ1) is 6.65. The molecule has 0 saturated carbocycles. The van der Waals surface area contributed by atoms with Gasteiger partial charge >= 0.3 is 0 Å². The number of benzene rings is 1. The molecule has 0 heterocycles. The van der Waals surface area contributed by atoms with Gasteiger partial charge in [-0.05, 0) is 37.0 Å². The van der Waals surface area contributed by atoms with Crippen LogP contribution in [0.3, 0.4) is 0 Å². The fourth-order valence-corrected chi connectivity index (χ4v) is 1.77. The molecule has 0 aromatic heterocycles. The Bertz CT molecular complexity index is 330. The lowest BCUT2D eigenvalue weighted by Crippen LogP contribution is -1.97. The van der Waals surface area contributed by atoms with E-state index in [4.69, 9.17) is 4.74 Å². The Kier molecular flexibility index (Phi) is 3.39. The second kappa shape index (κ2) is 4.36.